The van der Waals surface area contributed by atoms with Crippen LogP contribution in [-0.4, -0.2) is 96.3 Å². The zero-order valence-corrected chi connectivity index (χ0v) is 28.0. The number of alkyl halides is 17. The van der Waals surface area contributed by atoms with Gasteiger partial charge in [0.05, 0.1) is 13.7 Å². The second kappa shape index (κ2) is 19.9. The van der Waals surface area contributed by atoms with E-state index in [1.807, 2.05) is 0 Å². The molecular formula is C30H42F17NO4. The number of methoxy groups -OCH3 is 1. The molecule has 0 bridgehead atoms. The van der Waals surface area contributed by atoms with E-state index in [-0.39, 0.29) is 50.6 Å². The predicted molar refractivity (Wildman–Crippen MR) is 150 cm³/mol. The minimum atomic E-state index is -8.64. The minimum absolute atomic E-state index is 0.0483. The van der Waals surface area contributed by atoms with Crippen LogP contribution >= 0.6 is 0 Å². The first kappa shape index (κ1) is 49.7. The topological polar surface area (TPSA) is 66.8 Å². The Bertz CT molecular complexity index is 1080. The number of esters is 1. The predicted octanol–water partition coefficient (Wildman–Crippen LogP) is 10.2. The lowest BCUT2D eigenvalue weighted by Crippen LogP contribution is -2.74. The van der Waals surface area contributed by atoms with Gasteiger partial charge in [0.25, 0.3) is 0 Å². The monoisotopic (exact) mass is 803 g/mol. The molecule has 310 valence electrons. The van der Waals surface area contributed by atoms with Crippen LogP contribution in [0.3, 0.4) is 0 Å². The molecule has 0 spiro atoms. The third-order valence-corrected chi connectivity index (χ3v) is 8.18. The maximum atomic E-state index is 14.1. The van der Waals surface area contributed by atoms with Crippen molar-refractivity contribution in [1.82, 2.24) is 4.90 Å². The number of aliphatic hydroxyl groups excluding tert-OH is 1. The van der Waals surface area contributed by atoms with Gasteiger partial charge in [0.15, 0.2) is 0 Å². The first-order chi connectivity index (χ1) is 23.5. The van der Waals surface area contributed by atoms with Crippen molar-refractivity contribution in [3.8, 4) is 0 Å². The smallest absolute Gasteiger partial charge is 0.460 e. The zero-order valence-electron chi connectivity index (χ0n) is 28.0. The van der Waals surface area contributed by atoms with Gasteiger partial charge in [0.1, 0.15) is 0 Å². The van der Waals surface area contributed by atoms with Crippen LogP contribution in [-0.2, 0) is 14.3 Å². The van der Waals surface area contributed by atoms with Crippen molar-refractivity contribution in [2.75, 3.05) is 26.8 Å². The fourth-order valence-electron chi connectivity index (χ4n) is 4.88. The number of carbonyl (C=O) groups excluding carboxylic acids is 2. The van der Waals surface area contributed by atoms with Gasteiger partial charge in [-0.05, 0) is 25.7 Å². The largest absolute Gasteiger partial charge is 0.469 e. The molecule has 0 aromatic rings. The molecule has 1 amide bonds. The molecule has 0 radical (unpaired) electrons. The third kappa shape index (κ3) is 11.9. The summed E-state index contributed by atoms with van der Waals surface area (Å²) in [5.74, 6) is -56.8. The molecule has 0 saturated carbocycles. The van der Waals surface area contributed by atoms with E-state index in [1.165, 1.54) is 12.0 Å². The summed E-state index contributed by atoms with van der Waals surface area (Å²) in [5, 5.41) is 9.23. The molecule has 0 rings (SSSR count). The van der Waals surface area contributed by atoms with Crippen LogP contribution in [0, 0.1) is 0 Å². The number of nitrogens with zero attached hydrogens (tertiary/aromatic N) is 1. The molecule has 0 aliphatic rings. The second-order valence-corrected chi connectivity index (χ2v) is 12.2. The first-order valence-corrected chi connectivity index (χ1v) is 16.2. The Morgan fingerprint density at radius 2 is 0.846 bits per heavy atom. The Morgan fingerprint density at radius 1 is 0.481 bits per heavy atom. The van der Waals surface area contributed by atoms with Gasteiger partial charge in [-0.3, -0.25) is 9.59 Å². The average molecular weight is 804 g/mol. The minimum Gasteiger partial charge on any atom is -0.469 e. The van der Waals surface area contributed by atoms with E-state index in [2.05, 4.69) is 4.74 Å². The number of amides is 1. The highest BCUT2D eigenvalue weighted by Crippen LogP contribution is 2.64. The Labute approximate surface area is 288 Å². The standard InChI is InChI=1S/C30H42F17NO4/c1-52-22(51)16-12-8-5-3-2-4-7-11-15-21(50)48(19-20-49)18-14-10-6-9-13-17-23(31,32)24(33,34)25(35,36)26(37,38)27(39,40)28(41,42)29(43,44)30(45,46)47/h49H,2-20H2,1H3. The van der Waals surface area contributed by atoms with Gasteiger partial charge in [0, 0.05) is 32.4 Å². The molecule has 5 nitrogen and oxygen atoms in total. The fraction of sp³-hybridized carbons (Fsp3) is 0.933. The maximum absolute atomic E-state index is 14.1. The lowest BCUT2D eigenvalue weighted by Gasteiger charge is -2.42. The number of halogens is 17. The average Bonchev–Trinajstić information content (AvgIpc) is 3.03. The van der Waals surface area contributed by atoms with Gasteiger partial charge < -0.3 is 14.7 Å². The van der Waals surface area contributed by atoms with Crippen LogP contribution in [0.25, 0.3) is 0 Å². The molecule has 0 saturated heterocycles. The second-order valence-electron chi connectivity index (χ2n) is 12.2. The van der Waals surface area contributed by atoms with Crippen molar-refractivity contribution in [3.05, 3.63) is 0 Å². The quantitative estimate of drug-likeness (QED) is 0.0510. The highest BCUT2D eigenvalue weighted by molar-refractivity contribution is 5.76. The van der Waals surface area contributed by atoms with Gasteiger partial charge >= 0.3 is 53.6 Å². The molecule has 1 N–H and O–H groups in total. The molecule has 0 aromatic carbocycles. The Balaban J connectivity index is 4.94. The molecule has 0 unspecified atom stereocenters. The molecule has 0 aliphatic heterocycles. The van der Waals surface area contributed by atoms with Crippen molar-refractivity contribution in [3.63, 3.8) is 0 Å². The summed E-state index contributed by atoms with van der Waals surface area (Å²) in [4.78, 5) is 24.8. The van der Waals surface area contributed by atoms with Gasteiger partial charge in [-0.1, -0.05) is 57.8 Å². The Kier molecular flexibility index (Phi) is 19.0. The van der Waals surface area contributed by atoms with E-state index in [0.29, 0.717) is 12.8 Å². The summed E-state index contributed by atoms with van der Waals surface area (Å²) in [6.45, 7) is -0.431. The highest BCUT2D eigenvalue weighted by Gasteiger charge is 2.95. The lowest BCUT2D eigenvalue weighted by atomic mass is 9.87. The summed E-state index contributed by atoms with van der Waals surface area (Å²) in [7, 11) is 1.31. The summed E-state index contributed by atoms with van der Waals surface area (Å²) in [6.07, 6.45) is -4.86. The molecular weight excluding hydrogens is 761 g/mol. The van der Waals surface area contributed by atoms with Crippen LogP contribution < -0.4 is 0 Å². The summed E-state index contributed by atoms with van der Waals surface area (Å²) in [5.41, 5.74) is 0. The van der Waals surface area contributed by atoms with Crippen LogP contribution in [0.1, 0.15) is 103 Å². The van der Waals surface area contributed by atoms with E-state index in [1.54, 1.807) is 0 Å². The van der Waals surface area contributed by atoms with E-state index < -0.39 is 73.5 Å². The molecule has 0 aliphatic carbocycles. The number of unbranched alkanes of at least 4 members (excludes halogenated alkanes) is 11. The van der Waals surface area contributed by atoms with E-state index in [0.717, 1.165) is 44.9 Å². The number of hydrogen-bond donors (Lipinski definition) is 1. The highest BCUT2D eigenvalue weighted by atomic mass is 19.4. The van der Waals surface area contributed by atoms with Crippen molar-refractivity contribution < 1.29 is 94.1 Å². The van der Waals surface area contributed by atoms with Crippen molar-refractivity contribution in [2.45, 2.75) is 150 Å². The normalized spacial score (nSPS) is 14.1. The van der Waals surface area contributed by atoms with Gasteiger partial charge in [0.2, 0.25) is 5.91 Å². The third-order valence-electron chi connectivity index (χ3n) is 8.18. The molecule has 0 fully saturated rings. The zero-order chi connectivity index (χ0) is 40.9. The number of hydrogen-bond acceptors (Lipinski definition) is 4. The summed E-state index contributed by atoms with van der Waals surface area (Å²) in [6, 6.07) is 0. The van der Waals surface area contributed by atoms with Crippen molar-refractivity contribution >= 4 is 11.9 Å². The number of carbonyl (C=O) groups is 2. The fourth-order valence-corrected chi connectivity index (χ4v) is 4.88. The van der Waals surface area contributed by atoms with Gasteiger partial charge in [-0.2, -0.15) is 74.6 Å². The summed E-state index contributed by atoms with van der Waals surface area (Å²) < 4.78 is 232. The molecule has 52 heavy (non-hydrogen) atoms. The molecule has 22 heteroatoms. The Morgan fingerprint density at radius 3 is 1.27 bits per heavy atom. The van der Waals surface area contributed by atoms with Crippen molar-refractivity contribution in [2.24, 2.45) is 0 Å². The van der Waals surface area contributed by atoms with E-state index in [9.17, 15) is 89.3 Å². The first-order valence-electron chi connectivity index (χ1n) is 16.2. The van der Waals surface area contributed by atoms with E-state index in [4.69, 9.17) is 0 Å². The van der Waals surface area contributed by atoms with Crippen molar-refractivity contribution in [1.29, 1.82) is 0 Å². The Hall–Kier alpha value is -2.29. The van der Waals surface area contributed by atoms with Gasteiger partial charge in [-0.15, -0.1) is 0 Å². The molecule has 0 heterocycles. The maximum Gasteiger partial charge on any atom is 0.460 e. The van der Waals surface area contributed by atoms with Gasteiger partial charge in [-0.25, -0.2) is 0 Å². The van der Waals surface area contributed by atoms with E-state index >= 15 is 0 Å². The number of rotatable bonds is 27. The lowest BCUT2D eigenvalue weighted by molar-refractivity contribution is -0.461. The van der Waals surface area contributed by atoms with Crippen LogP contribution in [0.2, 0.25) is 0 Å². The van der Waals surface area contributed by atoms with Crippen LogP contribution in [0.4, 0.5) is 74.6 Å². The summed E-state index contributed by atoms with van der Waals surface area (Å²) >= 11 is 0. The number of aliphatic hydroxyl groups is 1. The SMILES string of the molecule is COC(=O)CCCCCCCCCCC(=O)N(CCO)CCCCCCCC(F)(F)C(F)(F)C(F)(F)C(F)(F)C(F)(F)C(F)(F)C(F)(F)C(F)(F)F. The molecule has 0 aromatic heterocycles. The number of ether oxygens (including phenoxy) is 1. The molecule has 0 atom stereocenters. The van der Waals surface area contributed by atoms with Crippen LogP contribution in [0.15, 0.2) is 0 Å². The van der Waals surface area contributed by atoms with Crippen LogP contribution in [0.5, 0.6) is 0 Å².